The minimum Gasteiger partial charge on any atom is -0.378 e. The van der Waals surface area contributed by atoms with Crippen LogP contribution in [0.4, 0.5) is 0 Å². The van der Waals surface area contributed by atoms with Crippen molar-refractivity contribution in [1.82, 2.24) is 9.55 Å². The van der Waals surface area contributed by atoms with Crippen molar-refractivity contribution in [2.24, 2.45) is 12.8 Å². The normalized spacial score (nSPS) is 23.2. The molecule has 2 heterocycles. The van der Waals surface area contributed by atoms with Gasteiger partial charge in [0.15, 0.2) is 0 Å². The molecule has 1 aromatic rings. The van der Waals surface area contributed by atoms with E-state index in [-0.39, 0.29) is 6.04 Å². The molecule has 1 fully saturated rings. The van der Waals surface area contributed by atoms with Gasteiger partial charge in [-0.25, -0.2) is 4.98 Å². The van der Waals surface area contributed by atoms with Gasteiger partial charge in [-0.1, -0.05) is 0 Å². The number of nitrogens with zero attached hydrogens (tertiary/aromatic N) is 2. The highest BCUT2D eigenvalue weighted by atomic mass is 16.5. The van der Waals surface area contributed by atoms with Crippen molar-refractivity contribution in [2.45, 2.75) is 44.2 Å². The molecule has 0 bridgehead atoms. The van der Waals surface area contributed by atoms with Crippen molar-refractivity contribution in [3.05, 3.63) is 18.2 Å². The standard InChI is InChI=1S/C12H21N3O/c1-15-8-7-14-12(15)11(13)6-5-10-4-2-3-9-16-10/h7-8,10-11H,2-6,9,13H2,1H3. The second kappa shape index (κ2) is 5.46. The maximum atomic E-state index is 6.12. The SMILES string of the molecule is Cn1ccnc1C(N)CCC1CCCCO1. The summed E-state index contributed by atoms with van der Waals surface area (Å²) in [6.07, 6.45) is 9.85. The van der Waals surface area contributed by atoms with Crippen LogP contribution >= 0.6 is 0 Å². The number of hydrogen-bond acceptors (Lipinski definition) is 3. The van der Waals surface area contributed by atoms with Crippen LogP contribution in [0.15, 0.2) is 12.4 Å². The van der Waals surface area contributed by atoms with E-state index in [0.717, 1.165) is 25.3 Å². The van der Waals surface area contributed by atoms with E-state index in [0.29, 0.717) is 6.10 Å². The molecule has 1 aliphatic heterocycles. The predicted molar refractivity (Wildman–Crippen MR) is 63.0 cm³/mol. The number of aryl methyl sites for hydroxylation is 1. The van der Waals surface area contributed by atoms with Crippen LogP contribution in [0.1, 0.15) is 44.0 Å². The van der Waals surface area contributed by atoms with Gasteiger partial charge in [-0.2, -0.15) is 0 Å². The van der Waals surface area contributed by atoms with E-state index in [4.69, 9.17) is 10.5 Å². The Hall–Kier alpha value is -0.870. The molecule has 4 heteroatoms. The third kappa shape index (κ3) is 2.83. The quantitative estimate of drug-likeness (QED) is 0.846. The van der Waals surface area contributed by atoms with Gasteiger partial charge in [-0.05, 0) is 32.1 Å². The van der Waals surface area contributed by atoms with Crippen molar-refractivity contribution in [3.63, 3.8) is 0 Å². The minimum atomic E-state index is 0.0329. The molecule has 2 rings (SSSR count). The van der Waals surface area contributed by atoms with Crippen LogP contribution < -0.4 is 5.73 Å². The molecule has 2 unspecified atom stereocenters. The molecule has 0 saturated carbocycles. The van der Waals surface area contributed by atoms with E-state index in [2.05, 4.69) is 4.98 Å². The van der Waals surface area contributed by atoms with E-state index in [1.165, 1.54) is 19.3 Å². The summed E-state index contributed by atoms with van der Waals surface area (Å²) in [5.74, 6) is 0.968. The Kier molecular flexibility index (Phi) is 3.96. The van der Waals surface area contributed by atoms with Crippen molar-refractivity contribution in [1.29, 1.82) is 0 Å². The van der Waals surface area contributed by atoms with Gasteiger partial charge in [0.05, 0.1) is 12.1 Å². The third-order valence-corrected chi connectivity index (χ3v) is 3.26. The van der Waals surface area contributed by atoms with Crippen LogP contribution in [0.25, 0.3) is 0 Å². The molecule has 2 N–H and O–H groups in total. The Morgan fingerprint density at radius 1 is 1.62 bits per heavy atom. The van der Waals surface area contributed by atoms with Crippen LogP contribution in [0.2, 0.25) is 0 Å². The molecular weight excluding hydrogens is 202 g/mol. The van der Waals surface area contributed by atoms with Gasteiger partial charge in [0.25, 0.3) is 0 Å². The zero-order valence-electron chi connectivity index (χ0n) is 9.93. The highest BCUT2D eigenvalue weighted by Crippen LogP contribution is 2.21. The van der Waals surface area contributed by atoms with Crippen molar-refractivity contribution in [3.8, 4) is 0 Å². The molecule has 0 radical (unpaired) electrons. The van der Waals surface area contributed by atoms with E-state index in [1.807, 2.05) is 17.8 Å². The van der Waals surface area contributed by atoms with Crippen LogP contribution in [-0.4, -0.2) is 22.3 Å². The number of rotatable bonds is 4. The topological polar surface area (TPSA) is 53.1 Å². The van der Waals surface area contributed by atoms with Crippen molar-refractivity contribution in [2.75, 3.05) is 6.61 Å². The third-order valence-electron chi connectivity index (χ3n) is 3.26. The lowest BCUT2D eigenvalue weighted by Gasteiger charge is -2.23. The number of nitrogens with two attached hydrogens (primary N) is 1. The fourth-order valence-corrected chi connectivity index (χ4v) is 2.26. The van der Waals surface area contributed by atoms with Crippen LogP contribution in [0.3, 0.4) is 0 Å². The number of aromatic nitrogens is 2. The second-order valence-electron chi connectivity index (χ2n) is 4.57. The van der Waals surface area contributed by atoms with Gasteiger partial charge < -0.3 is 15.0 Å². The summed E-state index contributed by atoms with van der Waals surface area (Å²) in [5, 5.41) is 0. The molecule has 0 aromatic carbocycles. The molecule has 1 aliphatic rings. The summed E-state index contributed by atoms with van der Waals surface area (Å²) in [5.41, 5.74) is 6.12. The number of hydrogen-bond donors (Lipinski definition) is 1. The maximum Gasteiger partial charge on any atom is 0.125 e. The smallest absolute Gasteiger partial charge is 0.125 e. The summed E-state index contributed by atoms with van der Waals surface area (Å²) < 4.78 is 7.69. The molecule has 0 aliphatic carbocycles. The molecule has 1 aromatic heterocycles. The highest BCUT2D eigenvalue weighted by molar-refractivity contribution is 4.97. The van der Waals surface area contributed by atoms with Crippen LogP contribution in [-0.2, 0) is 11.8 Å². The summed E-state index contributed by atoms with van der Waals surface area (Å²) >= 11 is 0. The van der Waals surface area contributed by atoms with Crippen molar-refractivity contribution < 1.29 is 4.74 Å². The van der Waals surface area contributed by atoms with Gasteiger partial charge in [0, 0.05) is 26.0 Å². The molecule has 1 saturated heterocycles. The van der Waals surface area contributed by atoms with E-state index in [9.17, 15) is 0 Å². The van der Waals surface area contributed by atoms with Crippen LogP contribution in [0, 0.1) is 0 Å². The Balaban J connectivity index is 1.79. The van der Waals surface area contributed by atoms with Gasteiger partial charge in [-0.3, -0.25) is 0 Å². The fourth-order valence-electron chi connectivity index (χ4n) is 2.26. The number of ether oxygens (including phenoxy) is 1. The highest BCUT2D eigenvalue weighted by Gasteiger charge is 2.17. The number of imidazole rings is 1. The predicted octanol–water partition coefficient (Wildman–Crippen LogP) is 1.77. The first-order valence-electron chi connectivity index (χ1n) is 6.12. The van der Waals surface area contributed by atoms with E-state index < -0.39 is 0 Å². The lowest BCUT2D eigenvalue weighted by molar-refractivity contribution is 0.00898. The lowest BCUT2D eigenvalue weighted by atomic mass is 10.0. The first kappa shape index (κ1) is 11.6. The van der Waals surface area contributed by atoms with Crippen LogP contribution in [0.5, 0.6) is 0 Å². The van der Waals surface area contributed by atoms with Gasteiger partial charge in [0.1, 0.15) is 5.82 Å². The molecular formula is C12H21N3O. The first-order valence-corrected chi connectivity index (χ1v) is 6.12. The summed E-state index contributed by atoms with van der Waals surface area (Å²) in [7, 11) is 1.99. The van der Waals surface area contributed by atoms with Gasteiger partial charge in [-0.15, -0.1) is 0 Å². The molecule has 16 heavy (non-hydrogen) atoms. The van der Waals surface area contributed by atoms with Gasteiger partial charge in [0.2, 0.25) is 0 Å². The van der Waals surface area contributed by atoms with Gasteiger partial charge >= 0.3 is 0 Å². The minimum absolute atomic E-state index is 0.0329. The molecule has 4 nitrogen and oxygen atoms in total. The monoisotopic (exact) mass is 223 g/mol. The van der Waals surface area contributed by atoms with E-state index >= 15 is 0 Å². The second-order valence-corrected chi connectivity index (χ2v) is 4.57. The Morgan fingerprint density at radius 3 is 3.12 bits per heavy atom. The Bertz CT molecular complexity index is 318. The summed E-state index contributed by atoms with van der Waals surface area (Å²) in [4.78, 5) is 4.28. The first-order chi connectivity index (χ1) is 7.77. The lowest BCUT2D eigenvalue weighted by Crippen LogP contribution is -2.22. The Morgan fingerprint density at radius 2 is 2.50 bits per heavy atom. The average Bonchev–Trinajstić information content (AvgIpc) is 2.74. The summed E-state index contributed by atoms with van der Waals surface area (Å²) in [6.45, 7) is 0.919. The zero-order chi connectivity index (χ0) is 11.4. The zero-order valence-corrected chi connectivity index (χ0v) is 9.93. The molecule has 0 amide bonds. The molecule has 2 atom stereocenters. The molecule has 0 spiro atoms. The Labute approximate surface area is 96.8 Å². The maximum absolute atomic E-state index is 6.12. The largest absolute Gasteiger partial charge is 0.378 e. The fraction of sp³-hybridized carbons (Fsp3) is 0.750. The summed E-state index contributed by atoms with van der Waals surface area (Å²) in [6, 6.07) is 0.0329. The van der Waals surface area contributed by atoms with E-state index in [1.54, 1.807) is 6.20 Å². The molecule has 90 valence electrons. The van der Waals surface area contributed by atoms with Crippen molar-refractivity contribution >= 4 is 0 Å². The average molecular weight is 223 g/mol.